The van der Waals surface area contributed by atoms with Crippen LogP contribution in [0.25, 0.3) is 0 Å². The van der Waals surface area contributed by atoms with E-state index in [0.29, 0.717) is 18.4 Å². The summed E-state index contributed by atoms with van der Waals surface area (Å²) < 4.78 is 0. The van der Waals surface area contributed by atoms with Crippen LogP contribution in [-0.4, -0.2) is 37.0 Å². The van der Waals surface area contributed by atoms with Crippen molar-refractivity contribution >= 4 is 5.91 Å². The first-order chi connectivity index (χ1) is 8.19. The zero-order valence-electron chi connectivity index (χ0n) is 11.7. The van der Waals surface area contributed by atoms with Gasteiger partial charge in [-0.05, 0) is 38.1 Å². The Hall–Kier alpha value is -0.570. The van der Waals surface area contributed by atoms with Crippen molar-refractivity contribution in [3.05, 3.63) is 0 Å². The fraction of sp³-hybridized carbons (Fsp3) is 0.929. The predicted molar refractivity (Wildman–Crippen MR) is 72.0 cm³/mol. The van der Waals surface area contributed by atoms with Crippen LogP contribution in [0.4, 0.5) is 0 Å². The molecule has 0 bridgehead atoms. The van der Waals surface area contributed by atoms with E-state index < -0.39 is 0 Å². The smallest absolute Gasteiger partial charge is 0.223 e. The Balaban J connectivity index is 2.27. The molecule has 0 spiro atoms. The largest absolute Gasteiger partial charge is 0.343 e. The van der Waals surface area contributed by atoms with Crippen molar-refractivity contribution in [1.29, 1.82) is 0 Å². The summed E-state index contributed by atoms with van der Waals surface area (Å²) in [4.78, 5) is 13.9. The van der Waals surface area contributed by atoms with E-state index in [-0.39, 0.29) is 0 Å². The lowest BCUT2D eigenvalue weighted by molar-refractivity contribution is -0.132. The molecule has 100 valence electrons. The number of carbonyl (C=O) groups excluding carboxylic acids is 1. The highest BCUT2D eigenvalue weighted by atomic mass is 16.2. The Labute approximate surface area is 106 Å². The van der Waals surface area contributed by atoms with Gasteiger partial charge in [0, 0.05) is 26.1 Å². The van der Waals surface area contributed by atoms with Crippen molar-refractivity contribution in [2.24, 2.45) is 5.92 Å². The second-order valence-corrected chi connectivity index (χ2v) is 5.19. The summed E-state index contributed by atoms with van der Waals surface area (Å²) in [6.07, 6.45) is 6.92. The van der Waals surface area contributed by atoms with Gasteiger partial charge in [-0.25, -0.2) is 0 Å². The molecule has 0 unspecified atom stereocenters. The summed E-state index contributed by atoms with van der Waals surface area (Å²) in [6.45, 7) is 6.10. The van der Waals surface area contributed by atoms with Crippen molar-refractivity contribution in [2.75, 3.05) is 20.1 Å². The number of nitrogens with zero attached hydrogens (tertiary/aromatic N) is 1. The van der Waals surface area contributed by atoms with Gasteiger partial charge in [-0.15, -0.1) is 0 Å². The fourth-order valence-corrected chi connectivity index (χ4v) is 2.69. The average Bonchev–Trinajstić information content (AvgIpc) is 2.38. The molecule has 1 saturated carbocycles. The van der Waals surface area contributed by atoms with Crippen molar-refractivity contribution < 1.29 is 4.79 Å². The molecule has 0 aromatic carbocycles. The molecule has 1 aliphatic carbocycles. The zero-order chi connectivity index (χ0) is 12.7. The minimum Gasteiger partial charge on any atom is -0.343 e. The van der Waals surface area contributed by atoms with Crippen LogP contribution in [0.15, 0.2) is 0 Å². The number of nitrogens with one attached hydrogen (secondary N) is 1. The summed E-state index contributed by atoms with van der Waals surface area (Å²) >= 11 is 0. The maximum Gasteiger partial charge on any atom is 0.223 e. The number of hydrogen-bond donors (Lipinski definition) is 1. The minimum absolute atomic E-state index is 0.297. The van der Waals surface area contributed by atoms with E-state index in [0.717, 1.165) is 19.0 Å². The number of hydrogen-bond acceptors (Lipinski definition) is 2. The van der Waals surface area contributed by atoms with Crippen molar-refractivity contribution in [3.8, 4) is 0 Å². The highest BCUT2D eigenvalue weighted by Gasteiger charge is 2.25. The minimum atomic E-state index is 0.297. The highest BCUT2D eigenvalue weighted by molar-refractivity contribution is 5.76. The molecule has 1 aliphatic rings. The molecule has 0 atom stereocenters. The second kappa shape index (κ2) is 7.70. The summed E-state index contributed by atoms with van der Waals surface area (Å²) in [5.74, 6) is 1.20. The SMILES string of the molecule is CCNCCC(=O)N(C)C1CCC(CC)CC1. The molecule has 3 heteroatoms. The maximum absolute atomic E-state index is 12.0. The van der Waals surface area contributed by atoms with Gasteiger partial charge < -0.3 is 10.2 Å². The molecule has 0 aromatic rings. The third-order valence-electron chi connectivity index (χ3n) is 4.10. The van der Waals surface area contributed by atoms with Crippen LogP contribution in [0.2, 0.25) is 0 Å². The van der Waals surface area contributed by atoms with E-state index in [1.54, 1.807) is 0 Å². The quantitative estimate of drug-likeness (QED) is 0.723. The predicted octanol–water partition coefficient (Wildman–Crippen LogP) is 2.41. The fourth-order valence-electron chi connectivity index (χ4n) is 2.69. The Morgan fingerprint density at radius 3 is 2.41 bits per heavy atom. The summed E-state index contributed by atoms with van der Waals surface area (Å²) in [6, 6.07) is 0.493. The third kappa shape index (κ3) is 4.66. The lowest BCUT2D eigenvalue weighted by Crippen LogP contribution is -2.40. The van der Waals surface area contributed by atoms with E-state index >= 15 is 0 Å². The molecule has 1 fully saturated rings. The van der Waals surface area contributed by atoms with Gasteiger partial charge in [0.15, 0.2) is 0 Å². The molecule has 0 radical (unpaired) electrons. The highest BCUT2D eigenvalue weighted by Crippen LogP contribution is 2.29. The first kappa shape index (κ1) is 14.5. The van der Waals surface area contributed by atoms with E-state index in [4.69, 9.17) is 0 Å². The standard InChI is InChI=1S/C14H28N2O/c1-4-12-6-8-13(9-7-12)16(3)14(17)10-11-15-5-2/h12-13,15H,4-11H2,1-3H3. The number of rotatable bonds is 6. The monoisotopic (exact) mass is 240 g/mol. The van der Waals surface area contributed by atoms with Crippen LogP contribution >= 0.6 is 0 Å². The summed E-state index contributed by atoms with van der Waals surface area (Å²) in [5, 5.41) is 3.21. The van der Waals surface area contributed by atoms with E-state index in [1.165, 1.54) is 32.1 Å². The topological polar surface area (TPSA) is 32.3 Å². The molecule has 1 N–H and O–H groups in total. The third-order valence-corrected chi connectivity index (χ3v) is 4.10. The van der Waals surface area contributed by atoms with Crippen molar-refractivity contribution in [2.45, 2.75) is 58.4 Å². The van der Waals surface area contributed by atoms with Crippen LogP contribution < -0.4 is 5.32 Å². The molecule has 0 aromatic heterocycles. The maximum atomic E-state index is 12.0. The Morgan fingerprint density at radius 2 is 1.88 bits per heavy atom. The van der Waals surface area contributed by atoms with Crippen LogP contribution in [0.5, 0.6) is 0 Å². The zero-order valence-corrected chi connectivity index (χ0v) is 11.7. The van der Waals surface area contributed by atoms with E-state index in [2.05, 4.69) is 19.2 Å². The van der Waals surface area contributed by atoms with E-state index in [1.807, 2.05) is 11.9 Å². The summed E-state index contributed by atoms with van der Waals surface area (Å²) in [7, 11) is 1.98. The Bertz CT molecular complexity index is 222. The molecule has 17 heavy (non-hydrogen) atoms. The van der Waals surface area contributed by atoms with Crippen LogP contribution in [0, 0.1) is 5.92 Å². The van der Waals surface area contributed by atoms with Crippen LogP contribution in [0.1, 0.15) is 52.4 Å². The lowest BCUT2D eigenvalue weighted by Gasteiger charge is -2.34. The van der Waals surface area contributed by atoms with Crippen LogP contribution in [-0.2, 0) is 4.79 Å². The van der Waals surface area contributed by atoms with Gasteiger partial charge in [-0.3, -0.25) is 4.79 Å². The van der Waals surface area contributed by atoms with Crippen LogP contribution in [0.3, 0.4) is 0 Å². The molecule has 0 heterocycles. The van der Waals surface area contributed by atoms with Gasteiger partial charge >= 0.3 is 0 Å². The molecule has 1 rings (SSSR count). The van der Waals surface area contributed by atoms with Gasteiger partial charge in [0.2, 0.25) is 5.91 Å². The van der Waals surface area contributed by atoms with Gasteiger partial charge in [0.1, 0.15) is 0 Å². The van der Waals surface area contributed by atoms with Gasteiger partial charge in [-0.2, -0.15) is 0 Å². The normalized spacial score (nSPS) is 24.6. The molecule has 3 nitrogen and oxygen atoms in total. The molecular formula is C14H28N2O. The molecule has 0 aliphatic heterocycles. The Morgan fingerprint density at radius 1 is 1.24 bits per heavy atom. The summed E-state index contributed by atoms with van der Waals surface area (Å²) in [5.41, 5.74) is 0. The van der Waals surface area contributed by atoms with E-state index in [9.17, 15) is 4.79 Å². The Kier molecular flexibility index (Phi) is 6.56. The number of carbonyl (C=O) groups is 1. The number of amides is 1. The lowest BCUT2D eigenvalue weighted by atomic mass is 9.84. The average molecular weight is 240 g/mol. The molecular weight excluding hydrogens is 212 g/mol. The van der Waals surface area contributed by atoms with Crippen molar-refractivity contribution in [3.63, 3.8) is 0 Å². The second-order valence-electron chi connectivity index (χ2n) is 5.19. The van der Waals surface area contributed by atoms with Gasteiger partial charge in [0.25, 0.3) is 0 Å². The van der Waals surface area contributed by atoms with Gasteiger partial charge in [-0.1, -0.05) is 20.3 Å². The van der Waals surface area contributed by atoms with Gasteiger partial charge in [0.05, 0.1) is 0 Å². The molecule has 1 amide bonds. The van der Waals surface area contributed by atoms with Crippen molar-refractivity contribution in [1.82, 2.24) is 10.2 Å². The first-order valence-electron chi connectivity index (χ1n) is 7.15. The first-order valence-corrected chi connectivity index (χ1v) is 7.15. The molecule has 0 saturated heterocycles.